The van der Waals surface area contributed by atoms with Crippen molar-refractivity contribution in [3.05, 3.63) is 101 Å². The Morgan fingerprint density at radius 1 is 0.871 bits per heavy atom. The molecule has 156 valence electrons. The zero-order valence-electron chi connectivity index (χ0n) is 18.3. The number of hydrogen-bond donors (Lipinski definition) is 0. The monoisotopic (exact) mass is 412 g/mol. The molecule has 0 spiro atoms. The van der Waals surface area contributed by atoms with E-state index in [0.717, 1.165) is 33.8 Å². The Labute approximate surface area is 182 Å². The Kier molecular flexibility index (Phi) is 5.53. The highest BCUT2D eigenvalue weighted by molar-refractivity contribution is 6.15. The average Bonchev–Trinajstić information content (AvgIpc) is 3.17. The summed E-state index contributed by atoms with van der Waals surface area (Å²) < 4.78 is 5.47. The zero-order chi connectivity index (χ0) is 22.0. The van der Waals surface area contributed by atoms with Crippen LogP contribution in [0.5, 0.6) is 0 Å². The van der Waals surface area contributed by atoms with E-state index in [1.54, 1.807) is 6.92 Å². The van der Waals surface area contributed by atoms with Gasteiger partial charge in [0.1, 0.15) is 17.6 Å². The lowest BCUT2D eigenvalue weighted by Gasteiger charge is -2.31. The summed E-state index contributed by atoms with van der Waals surface area (Å²) in [5, 5.41) is 0. The number of quaternary nitrogens is 1. The number of esters is 1. The first-order valence-corrected chi connectivity index (χ1v) is 10.4. The quantitative estimate of drug-likeness (QED) is 0.410. The van der Waals surface area contributed by atoms with Crippen LogP contribution in [0.3, 0.4) is 0 Å². The van der Waals surface area contributed by atoms with Crippen LogP contribution in [-0.4, -0.2) is 23.4 Å². The molecule has 0 N–H and O–H groups in total. The number of amidine groups is 1. The fourth-order valence-electron chi connectivity index (χ4n) is 3.74. The van der Waals surface area contributed by atoms with Crippen LogP contribution < -0.4 is 4.48 Å². The summed E-state index contributed by atoms with van der Waals surface area (Å²) in [6, 6.07) is 20.6. The van der Waals surface area contributed by atoms with Gasteiger partial charge in [-0.15, -0.1) is 0 Å². The van der Waals surface area contributed by atoms with E-state index in [0.29, 0.717) is 18.1 Å². The van der Waals surface area contributed by atoms with E-state index in [9.17, 15) is 4.79 Å². The van der Waals surface area contributed by atoms with Gasteiger partial charge in [-0.2, -0.15) is 9.48 Å². The van der Waals surface area contributed by atoms with Gasteiger partial charge in [-0.1, -0.05) is 35.4 Å². The van der Waals surface area contributed by atoms with Crippen molar-refractivity contribution in [2.75, 3.05) is 6.61 Å². The van der Waals surface area contributed by atoms with Crippen LogP contribution in [0.25, 0.3) is 0 Å². The van der Waals surface area contributed by atoms with E-state index in [1.807, 2.05) is 31.5 Å². The van der Waals surface area contributed by atoms with Gasteiger partial charge in [0.05, 0.1) is 12.2 Å². The molecular weight excluding hydrogens is 386 g/mol. The Morgan fingerprint density at radius 2 is 1.45 bits per heavy atom. The zero-order valence-corrected chi connectivity index (χ0v) is 18.3. The molecular formula is C26H26N3O2+. The molecule has 0 bridgehead atoms. The molecule has 31 heavy (non-hydrogen) atoms. The number of nitrogens with zero attached hydrogens (tertiary/aromatic N) is 3. The lowest BCUT2D eigenvalue weighted by molar-refractivity contribution is -0.138. The minimum atomic E-state index is -0.431. The first-order valence-electron chi connectivity index (χ1n) is 10.4. The average molecular weight is 413 g/mol. The van der Waals surface area contributed by atoms with Crippen LogP contribution in [0.1, 0.15) is 29.3 Å². The molecule has 2 aromatic carbocycles. The third kappa shape index (κ3) is 3.80. The van der Waals surface area contributed by atoms with Gasteiger partial charge in [-0.25, -0.2) is 4.79 Å². The lowest BCUT2D eigenvalue weighted by Crippen LogP contribution is -2.43. The fourth-order valence-corrected chi connectivity index (χ4v) is 3.74. The number of benzene rings is 2. The number of aryl methyl sites for hydroxylation is 3. The maximum Gasteiger partial charge on any atom is 0.362 e. The van der Waals surface area contributed by atoms with Crippen molar-refractivity contribution in [2.45, 2.75) is 27.7 Å². The van der Waals surface area contributed by atoms with Crippen LogP contribution in [0.2, 0.25) is 0 Å². The second-order valence-corrected chi connectivity index (χ2v) is 7.75. The van der Waals surface area contributed by atoms with Crippen molar-refractivity contribution in [1.29, 1.82) is 0 Å². The van der Waals surface area contributed by atoms with E-state index >= 15 is 0 Å². The Bertz CT molecular complexity index is 1110. The first kappa shape index (κ1) is 20.7. The molecule has 0 aliphatic carbocycles. The van der Waals surface area contributed by atoms with Crippen molar-refractivity contribution in [1.82, 2.24) is 9.47 Å². The molecule has 0 amide bonds. The summed E-state index contributed by atoms with van der Waals surface area (Å²) >= 11 is 0. The number of aliphatic imine (C=N–C) groups is 1. The number of rotatable bonds is 5. The number of hydrogen-bond acceptors (Lipinski definition) is 4. The molecule has 4 rings (SSSR count). The number of carbonyl (C=O) groups is 1. The van der Waals surface area contributed by atoms with E-state index in [4.69, 9.17) is 9.73 Å². The summed E-state index contributed by atoms with van der Waals surface area (Å²) in [6.45, 7) is 8.16. The Morgan fingerprint density at radius 3 is 1.94 bits per heavy atom. The van der Waals surface area contributed by atoms with Crippen LogP contribution in [-0.2, 0) is 9.53 Å². The van der Waals surface area contributed by atoms with Crippen molar-refractivity contribution >= 4 is 23.2 Å². The highest BCUT2D eigenvalue weighted by Gasteiger charge is 2.45. The standard InChI is InChI=1S/C26H26N3O2/c1-5-31-26(30)24-17-29(22-12-6-18(2)7-13-22,23-14-8-19(3)9-15-23)25(28-24)21-11-10-20(4)27-16-21/h6-17H,5H2,1-4H3/q+1. The molecule has 0 saturated carbocycles. The van der Waals surface area contributed by atoms with Crippen LogP contribution in [0.15, 0.2) is 83.7 Å². The number of ether oxygens (including phenoxy) is 1. The number of carbonyl (C=O) groups excluding carboxylic acids is 1. The van der Waals surface area contributed by atoms with Gasteiger partial charge in [-0.05, 0) is 39.8 Å². The van der Waals surface area contributed by atoms with E-state index in [1.165, 1.54) is 0 Å². The maximum absolute atomic E-state index is 12.7. The fraction of sp³-hybridized carbons (Fsp3) is 0.192. The highest BCUT2D eigenvalue weighted by Crippen LogP contribution is 2.42. The maximum atomic E-state index is 12.7. The summed E-state index contributed by atoms with van der Waals surface area (Å²) in [6.07, 6.45) is 3.69. The second kappa shape index (κ2) is 8.28. The van der Waals surface area contributed by atoms with Gasteiger partial charge in [0.15, 0.2) is 0 Å². The number of pyridine rings is 1. The van der Waals surface area contributed by atoms with Crippen molar-refractivity contribution < 1.29 is 9.53 Å². The molecule has 0 saturated heterocycles. The Balaban J connectivity index is 2.01. The second-order valence-electron chi connectivity index (χ2n) is 7.75. The smallest absolute Gasteiger partial charge is 0.362 e. The summed E-state index contributed by atoms with van der Waals surface area (Å²) in [5.41, 5.74) is 6.34. The molecule has 0 radical (unpaired) electrons. The molecule has 2 heterocycles. The predicted octanol–water partition coefficient (Wildman–Crippen LogP) is 5.51. The third-order valence-electron chi connectivity index (χ3n) is 5.41. The third-order valence-corrected chi connectivity index (χ3v) is 5.41. The molecule has 1 aliphatic rings. The highest BCUT2D eigenvalue weighted by atomic mass is 16.5. The van der Waals surface area contributed by atoms with Crippen molar-refractivity contribution in [3.63, 3.8) is 0 Å². The van der Waals surface area contributed by atoms with E-state index < -0.39 is 5.97 Å². The molecule has 1 aromatic heterocycles. The molecule has 1 aliphatic heterocycles. The molecule has 5 nitrogen and oxygen atoms in total. The molecule has 0 atom stereocenters. The van der Waals surface area contributed by atoms with E-state index in [2.05, 4.69) is 67.4 Å². The number of aromatic nitrogens is 1. The van der Waals surface area contributed by atoms with Crippen LogP contribution in [0, 0.1) is 20.8 Å². The summed E-state index contributed by atoms with van der Waals surface area (Å²) in [7, 11) is 0. The topological polar surface area (TPSA) is 51.5 Å². The van der Waals surface area contributed by atoms with Crippen molar-refractivity contribution in [2.24, 2.45) is 4.99 Å². The van der Waals surface area contributed by atoms with Gasteiger partial charge >= 0.3 is 5.97 Å². The summed E-state index contributed by atoms with van der Waals surface area (Å²) in [5.74, 6) is 0.280. The first-order chi connectivity index (χ1) is 14.9. The van der Waals surface area contributed by atoms with Gasteiger partial charge in [0.2, 0.25) is 5.70 Å². The SMILES string of the molecule is CCOC(=O)C1=C[N+](c2ccc(C)cc2)(c2ccc(C)cc2)C(c2ccc(C)nc2)=N1. The Hall–Kier alpha value is -3.57. The van der Waals surface area contributed by atoms with Crippen LogP contribution >= 0.6 is 0 Å². The normalized spacial score (nSPS) is 14.7. The minimum Gasteiger partial charge on any atom is -0.461 e. The molecule has 0 fully saturated rings. The summed E-state index contributed by atoms with van der Waals surface area (Å²) in [4.78, 5) is 22.0. The molecule has 5 heteroatoms. The van der Waals surface area contributed by atoms with E-state index in [-0.39, 0.29) is 4.48 Å². The van der Waals surface area contributed by atoms with Gasteiger partial charge in [-0.3, -0.25) is 4.98 Å². The van der Waals surface area contributed by atoms with Crippen LogP contribution in [0.4, 0.5) is 11.4 Å². The van der Waals surface area contributed by atoms with Crippen molar-refractivity contribution in [3.8, 4) is 0 Å². The minimum absolute atomic E-state index is 0.180. The van der Waals surface area contributed by atoms with Gasteiger partial charge < -0.3 is 4.74 Å². The lowest BCUT2D eigenvalue weighted by atomic mass is 10.1. The van der Waals surface area contributed by atoms with Gasteiger partial charge in [0, 0.05) is 36.2 Å². The van der Waals surface area contributed by atoms with Gasteiger partial charge in [0.25, 0.3) is 5.84 Å². The largest absolute Gasteiger partial charge is 0.461 e. The molecule has 0 unspecified atom stereocenters. The molecule has 3 aromatic rings. The predicted molar refractivity (Wildman–Crippen MR) is 124 cm³/mol.